The minimum Gasteiger partial charge on any atom is -0.352 e. The van der Waals surface area contributed by atoms with Crippen molar-refractivity contribution >= 4 is 37.2 Å². The van der Waals surface area contributed by atoms with E-state index in [4.69, 9.17) is 0 Å². The molecule has 0 aliphatic carbocycles. The molecule has 3 aromatic rings. The predicted octanol–water partition coefficient (Wildman–Crippen LogP) is 4.31. The Kier molecular flexibility index (Phi) is 4.89. The van der Waals surface area contributed by atoms with Crippen molar-refractivity contribution in [2.45, 2.75) is 23.4 Å². The van der Waals surface area contributed by atoms with E-state index in [0.29, 0.717) is 16.0 Å². The average Bonchev–Trinajstić information content (AvgIpc) is 3.04. The van der Waals surface area contributed by atoms with Gasteiger partial charge in [0.25, 0.3) is 0 Å². The first kappa shape index (κ1) is 19.6. The van der Waals surface area contributed by atoms with Crippen molar-refractivity contribution in [3.63, 3.8) is 0 Å². The number of halogens is 3. The maximum atomic E-state index is 13.4. The van der Waals surface area contributed by atoms with Gasteiger partial charge < -0.3 is 4.90 Å². The van der Waals surface area contributed by atoms with Crippen LogP contribution in [0.4, 0.5) is 19.0 Å². The quantitative estimate of drug-likeness (QED) is 0.635. The van der Waals surface area contributed by atoms with Gasteiger partial charge in [0.15, 0.2) is 9.84 Å². The average molecular weight is 415 g/mol. The molecule has 2 aromatic heterocycles. The van der Waals surface area contributed by atoms with Gasteiger partial charge in [0, 0.05) is 13.3 Å². The van der Waals surface area contributed by atoms with Gasteiger partial charge in [-0.15, -0.1) is 11.3 Å². The molecule has 3 rings (SSSR count). The highest BCUT2D eigenvalue weighted by atomic mass is 32.2. The minimum atomic E-state index is -4.47. The number of rotatable bonds is 4. The SMILES string of the molecule is CC(c1ccccc1C(F)(F)F)N(C)c1ncnc2cc(S(C)(=O)=O)sc12. The maximum Gasteiger partial charge on any atom is 0.416 e. The molecule has 0 saturated carbocycles. The zero-order valence-corrected chi connectivity index (χ0v) is 16.3. The fourth-order valence-corrected chi connectivity index (χ4v) is 4.82. The van der Waals surface area contributed by atoms with Crippen LogP contribution in [-0.2, 0) is 16.0 Å². The summed E-state index contributed by atoms with van der Waals surface area (Å²) in [5.41, 5.74) is -0.162. The van der Waals surface area contributed by atoms with Crippen LogP contribution in [0.3, 0.4) is 0 Å². The van der Waals surface area contributed by atoms with Crippen molar-refractivity contribution in [3.8, 4) is 0 Å². The number of thiophene rings is 1. The van der Waals surface area contributed by atoms with Crippen molar-refractivity contribution in [2.75, 3.05) is 18.2 Å². The monoisotopic (exact) mass is 415 g/mol. The molecule has 1 atom stereocenters. The van der Waals surface area contributed by atoms with Crippen molar-refractivity contribution in [3.05, 3.63) is 47.8 Å². The molecule has 0 fully saturated rings. The summed E-state index contributed by atoms with van der Waals surface area (Å²) in [5, 5.41) is 0. The minimum absolute atomic E-state index is 0.110. The molecule has 144 valence electrons. The van der Waals surface area contributed by atoms with Gasteiger partial charge in [0.2, 0.25) is 0 Å². The number of sulfone groups is 1. The Morgan fingerprint density at radius 3 is 2.48 bits per heavy atom. The van der Waals surface area contributed by atoms with Gasteiger partial charge in [-0.2, -0.15) is 13.2 Å². The van der Waals surface area contributed by atoms with Crippen molar-refractivity contribution in [2.24, 2.45) is 0 Å². The van der Waals surface area contributed by atoms with Gasteiger partial charge in [0.05, 0.1) is 21.8 Å². The lowest BCUT2D eigenvalue weighted by molar-refractivity contribution is -0.138. The molecule has 0 N–H and O–H groups in total. The van der Waals surface area contributed by atoms with E-state index in [-0.39, 0.29) is 9.77 Å². The molecular weight excluding hydrogens is 399 g/mol. The lowest BCUT2D eigenvalue weighted by atomic mass is 10.00. The molecule has 0 aliphatic heterocycles. The summed E-state index contributed by atoms with van der Waals surface area (Å²) in [5.74, 6) is 0.379. The third kappa shape index (κ3) is 3.77. The van der Waals surface area contributed by atoms with Crippen LogP contribution in [0.5, 0.6) is 0 Å². The number of hydrogen-bond donors (Lipinski definition) is 0. The second kappa shape index (κ2) is 6.75. The van der Waals surface area contributed by atoms with E-state index in [0.717, 1.165) is 23.7 Å². The summed E-state index contributed by atoms with van der Waals surface area (Å²) >= 11 is 1.00. The van der Waals surface area contributed by atoms with E-state index in [1.807, 2.05) is 0 Å². The number of alkyl halides is 3. The van der Waals surface area contributed by atoms with E-state index >= 15 is 0 Å². The zero-order chi connectivity index (χ0) is 20.0. The highest BCUT2D eigenvalue weighted by Gasteiger charge is 2.35. The summed E-state index contributed by atoms with van der Waals surface area (Å²) in [6.45, 7) is 1.64. The Hall–Kier alpha value is -2.20. The van der Waals surface area contributed by atoms with Crippen LogP contribution < -0.4 is 4.90 Å². The molecule has 5 nitrogen and oxygen atoms in total. The van der Waals surface area contributed by atoms with E-state index in [1.165, 1.54) is 24.5 Å². The standard InChI is InChI=1S/C17H16F3N3O2S2/c1-10(11-6-4-5-7-12(11)17(18,19)20)23(2)16-15-13(21-9-22-16)8-14(26-15)27(3,24)25/h4-10H,1-3H3. The van der Waals surface area contributed by atoms with Crippen LogP contribution in [0, 0.1) is 0 Å². The lowest BCUT2D eigenvalue weighted by Crippen LogP contribution is -2.25. The third-order valence-electron chi connectivity index (χ3n) is 4.27. The molecule has 0 aliphatic rings. The smallest absolute Gasteiger partial charge is 0.352 e. The molecule has 0 amide bonds. The van der Waals surface area contributed by atoms with E-state index in [1.54, 1.807) is 24.9 Å². The number of nitrogens with zero attached hydrogens (tertiary/aromatic N) is 3. The van der Waals surface area contributed by atoms with E-state index in [9.17, 15) is 21.6 Å². The molecule has 1 aromatic carbocycles. The fraction of sp³-hybridized carbons (Fsp3) is 0.294. The Balaban J connectivity index is 2.09. The Morgan fingerprint density at radius 1 is 1.19 bits per heavy atom. The Morgan fingerprint density at radius 2 is 1.85 bits per heavy atom. The van der Waals surface area contributed by atoms with Gasteiger partial charge in [0.1, 0.15) is 16.4 Å². The summed E-state index contributed by atoms with van der Waals surface area (Å²) in [7, 11) is -1.80. The Bertz CT molecular complexity index is 1090. The van der Waals surface area contributed by atoms with E-state index < -0.39 is 27.6 Å². The number of benzene rings is 1. The summed E-state index contributed by atoms with van der Waals surface area (Å²) in [4.78, 5) is 9.86. The molecular formula is C17H16F3N3O2S2. The maximum absolute atomic E-state index is 13.4. The molecule has 0 spiro atoms. The molecule has 0 bridgehead atoms. The first-order chi connectivity index (χ1) is 12.5. The van der Waals surface area contributed by atoms with Crippen LogP contribution >= 0.6 is 11.3 Å². The summed E-state index contributed by atoms with van der Waals surface area (Å²) in [6.07, 6.45) is -2.11. The van der Waals surface area contributed by atoms with Crippen molar-refractivity contribution < 1.29 is 21.6 Å². The van der Waals surface area contributed by atoms with Crippen LogP contribution in [0.15, 0.2) is 40.9 Å². The van der Waals surface area contributed by atoms with Crippen LogP contribution in [0.1, 0.15) is 24.1 Å². The molecule has 2 heterocycles. The van der Waals surface area contributed by atoms with Gasteiger partial charge in [-0.25, -0.2) is 18.4 Å². The second-order valence-corrected chi connectivity index (χ2v) is 9.42. The zero-order valence-electron chi connectivity index (χ0n) is 14.6. The summed E-state index contributed by atoms with van der Waals surface area (Å²) in [6, 6.07) is 6.17. The van der Waals surface area contributed by atoms with Crippen LogP contribution in [-0.4, -0.2) is 31.7 Å². The highest BCUT2D eigenvalue weighted by molar-refractivity contribution is 7.93. The molecule has 10 heteroatoms. The number of fused-ring (bicyclic) bond motifs is 1. The highest BCUT2D eigenvalue weighted by Crippen LogP contribution is 2.39. The van der Waals surface area contributed by atoms with Crippen molar-refractivity contribution in [1.29, 1.82) is 0 Å². The molecule has 1 unspecified atom stereocenters. The Labute approximate surface area is 158 Å². The van der Waals surface area contributed by atoms with Crippen LogP contribution in [0.2, 0.25) is 0 Å². The first-order valence-corrected chi connectivity index (χ1v) is 10.5. The predicted molar refractivity (Wildman–Crippen MR) is 98.8 cm³/mol. The first-order valence-electron chi connectivity index (χ1n) is 7.83. The summed E-state index contributed by atoms with van der Waals surface area (Å²) < 4.78 is 64.3. The third-order valence-corrected chi connectivity index (χ3v) is 7.19. The van der Waals surface area contributed by atoms with Gasteiger partial charge in [-0.3, -0.25) is 0 Å². The number of aromatic nitrogens is 2. The van der Waals surface area contributed by atoms with Crippen LogP contribution in [0.25, 0.3) is 10.2 Å². The molecule has 27 heavy (non-hydrogen) atoms. The second-order valence-electron chi connectivity index (χ2n) is 6.12. The largest absolute Gasteiger partial charge is 0.416 e. The number of anilines is 1. The van der Waals surface area contributed by atoms with E-state index in [2.05, 4.69) is 9.97 Å². The van der Waals surface area contributed by atoms with Gasteiger partial charge in [-0.1, -0.05) is 18.2 Å². The topological polar surface area (TPSA) is 63.2 Å². The molecule has 0 radical (unpaired) electrons. The molecule has 0 saturated heterocycles. The van der Waals surface area contributed by atoms with Gasteiger partial charge >= 0.3 is 6.18 Å². The number of hydrogen-bond acceptors (Lipinski definition) is 6. The fourth-order valence-electron chi connectivity index (χ4n) is 2.77. The van der Waals surface area contributed by atoms with Crippen molar-refractivity contribution in [1.82, 2.24) is 9.97 Å². The lowest BCUT2D eigenvalue weighted by Gasteiger charge is -2.28. The normalized spacial score (nSPS) is 13.7. The van der Waals surface area contributed by atoms with Gasteiger partial charge in [-0.05, 0) is 24.6 Å².